The minimum atomic E-state index is -0.120. The van der Waals surface area contributed by atoms with Crippen LogP contribution < -0.4 is 5.32 Å². The predicted octanol–water partition coefficient (Wildman–Crippen LogP) is 3.36. The summed E-state index contributed by atoms with van der Waals surface area (Å²) in [5.74, 6) is 0.695. The average molecular weight is 299 g/mol. The van der Waals surface area contributed by atoms with Gasteiger partial charge in [0.25, 0.3) is 0 Å². The topological polar surface area (TPSA) is 21.3 Å². The first-order chi connectivity index (χ1) is 10.8. The third-order valence-corrected chi connectivity index (χ3v) is 5.47. The molecule has 0 radical (unpaired) electrons. The van der Waals surface area contributed by atoms with Gasteiger partial charge < -0.3 is 10.1 Å². The molecule has 1 aromatic rings. The first-order valence-electron chi connectivity index (χ1n) is 8.18. The lowest BCUT2D eigenvalue weighted by Gasteiger charge is -2.40. The zero-order chi connectivity index (χ0) is 15.1. The Morgan fingerprint density at radius 3 is 3.00 bits per heavy atom. The van der Waals surface area contributed by atoms with Crippen LogP contribution in [0.4, 0.5) is 4.39 Å². The molecule has 3 aliphatic rings. The number of ether oxygens (including phenoxy) is 1. The lowest BCUT2D eigenvalue weighted by Crippen LogP contribution is -2.45. The Hall–Kier alpha value is -1.45. The molecule has 2 unspecified atom stereocenters. The first kappa shape index (κ1) is 14.2. The molecule has 2 aliphatic carbocycles. The number of fused-ring (bicyclic) bond motifs is 5. The van der Waals surface area contributed by atoms with E-state index in [0.717, 1.165) is 12.8 Å². The van der Waals surface area contributed by atoms with Gasteiger partial charge in [0.05, 0.1) is 12.7 Å². The van der Waals surface area contributed by atoms with Crippen molar-refractivity contribution < 1.29 is 9.13 Å². The third kappa shape index (κ3) is 2.33. The monoisotopic (exact) mass is 299 g/mol. The Kier molecular flexibility index (Phi) is 3.63. The van der Waals surface area contributed by atoms with E-state index < -0.39 is 0 Å². The van der Waals surface area contributed by atoms with E-state index in [-0.39, 0.29) is 17.8 Å². The predicted molar refractivity (Wildman–Crippen MR) is 85.4 cm³/mol. The molecule has 4 rings (SSSR count). The van der Waals surface area contributed by atoms with Gasteiger partial charge in [0.1, 0.15) is 5.83 Å². The number of allylic oxidation sites excluding steroid dienone is 3. The molecule has 1 heterocycles. The zero-order valence-corrected chi connectivity index (χ0v) is 12.8. The zero-order valence-electron chi connectivity index (χ0n) is 12.8. The fourth-order valence-electron chi connectivity index (χ4n) is 4.32. The van der Waals surface area contributed by atoms with Crippen molar-refractivity contribution in [3.8, 4) is 0 Å². The van der Waals surface area contributed by atoms with Crippen LogP contribution in [0.25, 0.3) is 0 Å². The Balaban J connectivity index is 1.78. The molecular formula is C19H22FNO. The Bertz CT molecular complexity index is 624. The summed E-state index contributed by atoms with van der Waals surface area (Å²) in [6.45, 7) is 0.711. The van der Waals surface area contributed by atoms with Gasteiger partial charge in [-0.1, -0.05) is 30.3 Å². The molecule has 1 aliphatic heterocycles. The number of hydrogen-bond donors (Lipinski definition) is 1. The molecule has 0 spiro atoms. The van der Waals surface area contributed by atoms with E-state index in [1.54, 1.807) is 12.2 Å². The van der Waals surface area contributed by atoms with Gasteiger partial charge >= 0.3 is 0 Å². The number of benzene rings is 1. The van der Waals surface area contributed by atoms with Gasteiger partial charge in [-0.15, -0.1) is 0 Å². The van der Waals surface area contributed by atoms with E-state index in [1.807, 2.05) is 13.1 Å². The van der Waals surface area contributed by atoms with E-state index in [2.05, 4.69) is 29.6 Å². The highest BCUT2D eigenvalue weighted by atomic mass is 19.1. The summed E-state index contributed by atoms with van der Waals surface area (Å²) in [6.07, 6.45) is 7.54. The lowest BCUT2D eigenvalue weighted by molar-refractivity contribution is -0.0458. The normalized spacial score (nSPS) is 36.6. The summed E-state index contributed by atoms with van der Waals surface area (Å²) in [5.41, 5.74) is 2.79. The van der Waals surface area contributed by atoms with Crippen molar-refractivity contribution in [1.29, 1.82) is 0 Å². The molecule has 22 heavy (non-hydrogen) atoms. The van der Waals surface area contributed by atoms with Crippen molar-refractivity contribution in [2.75, 3.05) is 13.7 Å². The summed E-state index contributed by atoms with van der Waals surface area (Å²) < 4.78 is 20.1. The Morgan fingerprint density at radius 2 is 2.14 bits per heavy atom. The number of rotatable bonds is 1. The summed E-state index contributed by atoms with van der Waals surface area (Å²) in [6, 6.07) is 9.05. The SMILES string of the molecule is CN[C@@H]1CO[C@H]2C3C=C(F)C=CC3Cc3ccccc3[C@H]2C1. The Labute approximate surface area is 131 Å². The molecule has 0 saturated carbocycles. The maximum Gasteiger partial charge on any atom is 0.119 e. The molecule has 2 nitrogen and oxygen atoms in total. The van der Waals surface area contributed by atoms with Crippen LogP contribution in [0.15, 0.2) is 48.3 Å². The molecule has 0 aromatic heterocycles. The van der Waals surface area contributed by atoms with Crippen molar-refractivity contribution in [3.63, 3.8) is 0 Å². The molecule has 3 heteroatoms. The van der Waals surface area contributed by atoms with Crippen LogP contribution >= 0.6 is 0 Å². The highest BCUT2D eigenvalue weighted by Crippen LogP contribution is 2.45. The van der Waals surface area contributed by atoms with Crippen LogP contribution in [0, 0.1) is 11.8 Å². The van der Waals surface area contributed by atoms with Crippen molar-refractivity contribution >= 4 is 0 Å². The van der Waals surface area contributed by atoms with E-state index in [1.165, 1.54) is 11.1 Å². The molecule has 1 aromatic carbocycles. The molecule has 1 N–H and O–H groups in total. The summed E-state index contributed by atoms with van der Waals surface area (Å²) in [7, 11) is 1.99. The van der Waals surface area contributed by atoms with Gasteiger partial charge in [0.15, 0.2) is 0 Å². The van der Waals surface area contributed by atoms with Crippen molar-refractivity contribution in [1.82, 2.24) is 5.32 Å². The smallest absolute Gasteiger partial charge is 0.119 e. The second kappa shape index (κ2) is 5.64. The van der Waals surface area contributed by atoms with Gasteiger partial charge in [-0.05, 0) is 49.1 Å². The molecule has 116 valence electrons. The van der Waals surface area contributed by atoms with Crippen LogP contribution in [-0.4, -0.2) is 25.8 Å². The highest BCUT2D eigenvalue weighted by Gasteiger charge is 2.42. The Morgan fingerprint density at radius 1 is 1.27 bits per heavy atom. The van der Waals surface area contributed by atoms with Gasteiger partial charge in [-0.25, -0.2) is 4.39 Å². The van der Waals surface area contributed by atoms with E-state index >= 15 is 0 Å². The molecule has 0 amide bonds. The summed E-state index contributed by atoms with van der Waals surface area (Å²) in [5, 5.41) is 3.34. The maximum atomic E-state index is 13.8. The standard InChI is InChI=1S/C19H22FNO/c1-21-15-10-18-16-5-3-2-4-12(16)8-13-6-7-14(20)9-17(13)19(18)22-11-15/h2-7,9,13,15,17-19,21H,8,10-11H2,1H3/t13?,15-,17?,18+,19-/m0/s1. The number of hydrogen-bond acceptors (Lipinski definition) is 2. The van der Waals surface area contributed by atoms with E-state index in [4.69, 9.17) is 4.74 Å². The number of nitrogens with one attached hydrogen (secondary N) is 1. The quantitative estimate of drug-likeness (QED) is 0.858. The highest BCUT2D eigenvalue weighted by molar-refractivity contribution is 5.37. The van der Waals surface area contributed by atoms with Crippen LogP contribution in [0.2, 0.25) is 0 Å². The van der Waals surface area contributed by atoms with E-state index in [0.29, 0.717) is 24.5 Å². The minimum Gasteiger partial charge on any atom is -0.375 e. The van der Waals surface area contributed by atoms with Crippen LogP contribution in [0.1, 0.15) is 23.5 Å². The van der Waals surface area contributed by atoms with Gasteiger partial charge in [0.2, 0.25) is 0 Å². The van der Waals surface area contributed by atoms with Gasteiger partial charge in [-0.3, -0.25) is 0 Å². The second-order valence-corrected chi connectivity index (χ2v) is 6.68. The summed E-state index contributed by atoms with van der Waals surface area (Å²) >= 11 is 0. The number of halogens is 1. The third-order valence-electron chi connectivity index (χ3n) is 5.47. The van der Waals surface area contributed by atoms with Gasteiger partial charge in [0, 0.05) is 17.9 Å². The van der Waals surface area contributed by atoms with Crippen molar-refractivity contribution in [2.45, 2.75) is 30.9 Å². The molecule has 0 bridgehead atoms. The molecular weight excluding hydrogens is 277 g/mol. The van der Waals surface area contributed by atoms with E-state index in [9.17, 15) is 4.39 Å². The minimum absolute atomic E-state index is 0.0777. The fraction of sp³-hybridized carbons (Fsp3) is 0.474. The average Bonchev–Trinajstić information content (AvgIpc) is 2.69. The van der Waals surface area contributed by atoms with Crippen LogP contribution in [0.3, 0.4) is 0 Å². The second-order valence-electron chi connectivity index (χ2n) is 6.68. The number of likely N-dealkylation sites (N-methyl/N-ethyl adjacent to an activating group) is 1. The lowest BCUT2D eigenvalue weighted by atomic mass is 9.76. The fourth-order valence-corrected chi connectivity index (χ4v) is 4.32. The maximum absolute atomic E-state index is 13.8. The van der Waals surface area contributed by atoms with Crippen molar-refractivity contribution in [2.24, 2.45) is 11.8 Å². The van der Waals surface area contributed by atoms with Crippen molar-refractivity contribution in [3.05, 3.63) is 59.4 Å². The largest absolute Gasteiger partial charge is 0.375 e. The first-order valence-corrected chi connectivity index (χ1v) is 8.18. The molecule has 1 fully saturated rings. The van der Waals surface area contributed by atoms with Gasteiger partial charge in [-0.2, -0.15) is 0 Å². The molecule has 1 saturated heterocycles. The molecule has 5 atom stereocenters. The van der Waals surface area contributed by atoms with Crippen LogP contribution in [-0.2, 0) is 11.2 Å². The summed E-state index contributed by atoms with van der Waals surface area (Å²) in [4.78, 5) is 0. The van der Waals surface area contributed by atoms with Crippen LogP contribution in [0.5, 0.6) is 0 Å².